The van der Waals surface area contributed by atoms with Gasteiger partial charge in [0, 0.05) is 5.54 Å². The third kappa shape index (κ3) is 2.21. The molecule has 1 aromatic rings. The lowest BCUT2D eigenvalue weighted by molar-refractivity contribution is -0.133. The highest BCUT2D eigenvalue weighted by Gasteiger charge is 2.40. The van der Waals surface area contributed by atoms with Gasteiger partial charge in [-0.05, 0) is 32.6 Å². The van der Waals surface area contributed by atoms with Crippen molar-refractivity contribution < 1.29 is 9.90 Å². The molecule has 16 heavy (non-hydrogen) atoms. The summed E-state index contributed by atoms with van der Waals surface area (Å²) in [5.74, 6) is -0.143. The molecule has 1 heterocycles. The van der Waals surface area contributed by atoms with Crippen LogP contribution in [0.5, 0.6) is 0 Å². The molecule has 0 amide bonds. The first-order chi connectivity index (χ1) is 7.51. The molecule has 0 unspecified atom stereocenters. The van der Waals surface area contributed by atoms with Gasteiger partial charge in [-0.15, -0.1) is 10.2 Å². The lowest BCUT2D eigenvalue weighted by Gasteiger charge is -2.27. The first kappa shape index (κ1) is 11.4. The van der Waals surface area contributed by atoms with E-state index in [9.17, 15) is 4.79 Å². The van der Waals surface area contributed by atoms with Gasteiger partial charge in [0.25, 0.3) is 0 Å². The SMILES string of the molecule is CC(C)(C1CC1)n1cnnc1SCC(=O)O. The van der Waals surface area contributed by atoms with E-state index >= 15 is 0 Å². The Labute approximate surface area is 98.3 Å². The van der Waals surface area contributed by atoms with Gasteiger partial charge in [0.2, 0.25) is 0 Å². The summed E-state index contributed by atoms with van der Waals surface area (Å²) < 4.78 is 2.00. The minimum absolute atomic E-state index is 0.00959. The van der Waals surface area contributed by atoms with Crippen LogP contribution in [0.15, 0.2) is 11.5 Å². The maximum Gasteiger partial charge on any atom is 0.313 e. The fraction of sp³-hybridized carbons (Fsp3) is 0.700. The summed E-state index contributed by atoms with van der Waals surface area (Å²) in [5, 5.41) is 17.2. The number of carboxylic acids is 1. The molecule has 5 nitrogen and oxygen atoms in total. The van der Waals surface area contributed by atoms with Crippen LogP contribution in [0.3, 0.4) is 0 Å². The van der Waals surface area contributed by atoms with Crippen LogP contribution >= 0.6 is 11.8 Å². The van der Waals surface area contributed by atoms with Gasteiger partial charge in [-0.2, -0.15) is 0 Å². The number of thioether (sulfide) groups is 1. The number of rotatable bonds is 5. The number of aromatic nitrogens is 3. The minimum Gasteiger partial charge on any atom is -0.481 e. The molecule has 1 saturated carbocycles. The number of carboxylic acid groups (broad SMARTS) is 1. The standard InChI is InChI=1S/C10H15N3O2S/c1-10(2,7-3-4-7)13-6-11-12-9(13)16-5-8(14)15/h6-7H,3-5H2,1-2H3,(H,14,15). The Hall–Kier alpha value is -1.04. The minimum atomic E-state index is -0.830. The lowest BCUT2D eigenvalue weighted by atomic mass is 9.99. The van der Waals surface area contributed by atoms with E-state index in [2.05, 4.69) is 24.0 Å². The fourth-order valence-electron chi connectivity index (χ4n) is 1.83. The average Bonchev–Trinajstić information content (AvgIpc) is 2.95. The predicted molar refractivity (Wildman–Crippen MR) is 60.4 cm³/mol. The van der Waals surface area contributed by atoms with Gasteiger partial charge in [0.05, 0.1) is 5.75 Å². The van der Waals surface area contributed by atoms with Crippen LogP contribution in [-0.2, 0) is 10.3 Å². The second kappa shape index (κ2) is 4.08. The summed E-state index contributed by atoms with van der Waals surface area (Å²) in [6.45, 7) is 4.30. The van der Waals surface area contributed by atoms with Crippen molar-refractivity contribution in [2.24, 2.45) is 5.92 Å². The van der Waals surface area contributed by atoms with Gasteiger partial charge in [0.1, 0.15) is 6.33 Å². The maximum absolute atomic E-state index is 10.5. The van der Waals surface area contributed by atoms with Gasteiger partial charge in [-0.3, -0.25) is 4.79 Å². The zero-order chi connectivity index (χ0) is 11.8. The van der Waals surface area contributed by atoms with Crippen LogP contribution in [0.25, 0.3) is 0 Å². The summed E-state index contributed by atoms with van der Waals surface area (Å²) in [5.41, 5.74) is -0.00959. The molecule has 1 aliphatic carbocycles. The van der Waals surface area contributed by atoms with Crippen LogP contribution in [-0.4, -0.2) is 31.6 Å². The van der Waals surface area contributed by atoms with E-state index in [1.165, 1.54) is 24.6 Å². The first-order valence-electron chi connectivity index (χ1n) is 5.27. The van der Waals surface area contributed by atoms with E-state index in [1.54, 1.807) is 6.33 Å². The highest BCUT2D eigenvalue weighted by atomic mass is 32.2. The molecule has 1 aliphatic rings. The van der Waals surface area contributed by atoms with Crippen molar-refractivity contribution in [2.45, 2.75) is 37.4 Å². The van der Waals surface area contributed by atoms with E-state index in [4.69, 9.17) is 5.11 Å². The largest absolute Gasteiger partial charge is 0.481 e. The molecule has 1 aromatic heterocycles. The van der Waals surface area contributed by atoms with Crippen molar-refractivity contribution in [1.82, 2.24) is 14.8 Å². The smallest absolute Gasteiger partial charge is 0.313 e. The molecule has 0 bridgehead atoms. The molecule has 0 radical (unpaired) electrons. The zero-order valence-electron chi connectivity index (χ0n) is 9.38. The van der Waals surface area contributed by atoms with Crippen molar-refractivity contribution in [3.05, 3.63) is 6.33 Å². The van der Waals surface area contributed by atoms with E-state index in [0.717, 1.165) is 0 Å². The topological polar surface area (TPSA) is 68.0 Å². The van der Waals surface area contributed by atoms with Gasteiger partial charge in [-0.1, -0.05) is 11.8 Å². The lowest BCUT2D eigenvalue weighted by Crippen LogP contribution is -2.29. The second-order valence-corrected chi connectivity index (χ2v) is 5.54. The van der Waals surface area contributed by atoms with Crippen LogP contribution in [0, 0.1) is 5.92 Å². The normalized spacial score (nSPS) is 16.4. The maximum atomic E-state index is 10.5. The molecule has 2 rings (SSSR count). The zero-order valence-corrected chi connectivity index (χ0v) is 10.2. The Morgan fingerprint density at radius 1 is 1.69 bits per heavy atom. The van der Waals surface area contributed by atoms with Gasteiger partial charge in [-0.25, -0.2) is 0 Å². The molecule has 0 aliphatic heterocycles. The molecule has 88 valence electrons. The van der Waals surface area contributed by atoms with Crippen LogP contribution < -0.4 is 0 Å². The van der Waals surface area contributed by atoms with Gasteiger partial charge < -0.3 is 9.67 Å². The quantitative estimate of drug-likeness (QED) is 0.793. The van der Waals surface area contributed by atoms with Crippen molar-refractivity contribution in [1.29, 1.82) is 0 Å². The summed E-state index contributed by atoms with van der Waals surface area (Å²) in [7, 11) is 0. The molecular weight excluding hydrogens is 226 g/mol. The molecule has 0 saturated heterocycles. The van der Waals surface area contributed by atoms with Crippen LogP contribution in [0.1, 0.15) is 26.7 Å². The Balaban J connectivity index is 2.14. The Morgan fingerprint density at radius 2 is 2.38 bits per heavy atom. The third-order valence-electron chi connectivity index (χ3n) is 3.04. The molecule has 1 fully saturated rings. The number of hydrogen-bond donors (Lipinski definition) is 1. The average molecular weight is 241 g/mol. The summed E-state index contributed by atoms with van der Waals surface area (Å²) in [4.78, 5) is 10.5. The molecule has 0 spiro atoms. The number of carbonyl (C=O) groups is 1. The number of aliphatic carboxylic acids is 1. The summed E-state index contributed by atoms with van der Waals surface area (Å²) >= 11 is 1.22. The Bertz CT molecular complexity index is 399. The first-order valence-corrected chi connectivity index (χ1v) is 6.25. The van der Waals surface area contributed by atoms with E-state index in [1.807, 2.05) is 4.57 Å². The summed E-state index contributed by atoms with van der Waals surface area (Å²) in [6.07, 6.45) is 4.16. The third-order valence-corrected chi connectivity index (χ3v) is 3.97. The van der Waals surface area contributed by atoms with Crippen LogP contribution in [0.4, 0.5) is 0 Å². The predicted octanol–water partition coefficient (Wildman–Crippen LogP) is 1.60. The van der Waals surface area contributed by atoms with Gasteiger partial charge >= 0.3 is 5.97 Å². The highest BCUT2D eigenvalue weighted by molar-refractivity contribution is 7.99. The van der Waals surface area contributed by atoms with E-state index in [0.29, 0.717) is 11.1 Å². The Morgan fingerprint density at radius 3 is 2.94 bits per heavy atom. The molecule has 0 aromatic carbocycles. The van der Waals surface area contributed by atoms with Crippen LogP contribution in [0.2, 0.25) is 0 Å². The monoisotopic (exact) mass is 241 g/mol. The van der Waals surface area contributed by atoms with Crippen molar-refractivity contribution in [2.75, 3.05) is 5.75 Å². The van der Waals surface area contributed by atoms with E-state index < -0.39 is 5.97 Å². The van der Waals surface area contributed by atoms with Crippen molar-refractivity contribution in [3.8, 4) is 0 Å². The fourth-order valence-corrected chi connectivity index (χ4v) is 2.61. The van der Waals surface area contributed by atoms with E-state index in [-0.39, 0.29) is 11.3 Å². The molecule has 6 heteroatoms. The van der Waals surface area contributed by atoms with Crippen molar-refractivity contribution >= 4 is 17.7 Å². The highest BCUT2D eigenvalue weighted by Crippen LogP contribution is 2.44. The number of nitrogens with zero attached hydrogens (tertiary/aromatic N) is 3. The summed E-state index contributed by atoms with van der Waals surface area (Å²) in [6, 6.07) is 0. The molecule has 1 N–H and O–H groups in total. The molecule has 0 atom stereocenters. The Kier molecular flexibility index (Phi) is 2.92. The molecular formula is C10H15N3O2S. The number of hydrogen-bond acceptors (Lipinski definition) is 4. The second-order valence-electron chi connectivity index (χ2n) is 4.59. The van der Waals surface area contributed by atoms with Gasteiger partial charge in [0.15, 0.2) is 5.16 Å². The van der Waals surface area contributed by atoms with Crippen molar-refractivity contribution in [3.63, 3.8) is 0 Å².